The van der Waals surface area contributed by atoms with Gasteiger partial charge in [0.25, 0.3) is 5.91 Å². The van der Waals surface area contributed by atoms with E-state index in [-0.39, 0.29) is 35.3 Å². The van der Waals surface area contributed by atoms with E-state index in [1.165, 1.54) is 18.2 Å². The summed E-state index contributed by atoms with van der Waals surface area (Å²) in [4.78, 5) is 24.4. The van der Waals surface area contributed by atoms with Crippen molar-refractivity contribution in [3.8, 4) is 18.0 Å². The fourth-order valence-corrected chi connectivity index (χ4v) is 3.83. The van der Waals surface area contributed by atoms with E-state index in [4.69, 9.17) is 12.2 Å². The lowest BCUT2D eigenvalue weighted by atomic mass is 9.75. The number of ketones is 1. The van der Waals surface area contributed by atoms with Gasteiger partial charge in [0.15, 0.2) is 11.5 Å². The number of nitrogens with one attached hydrogen (secondary N) is 2. The Labute approximate surface area is 183 Å². The Morgan fingerprint density at radius 1 is 1.31 bits per heavy atom. The molecule has 7 nitrogen and oxygen atoms in total. The third-order valence-electron chi connectivity index (χ3n) is 5.17. The summed E-state index contributed by atoms with van der Waals surface area (Å²) in [5, 5.41) is 9.80. The van der Waals surface area contributed by atoms with Gasteiger partial charge in [0.2, 0.25) is 0 Å². The Balaban J connectivity index is 2.08. The summed E-state index contributed by atoms with van der Waals surface area (Å²) in [6.45, 7) is 4.90. The molecule has 1 heterocycles. The van der Waals surface area contributed by atoms with Crippen LogP contribution in [0.5, 0.6) is 0 Å². The second-order valence-electron chi connectivity index (χ2n) is 8.42. The minimum Gasteiger partial charge on any atom is -0.383 e. The lowest BCUT2D eigenvalue weighted by Crippen LogP contribution is -2.29. The van der Waals surface area contributed by atoms with Crippen LogP contribution in [0.4, 0.5) is 18.9 Å². The van der Waals surface area contributed by atoms with Gasteiger partial charge in [-0.2, -0.15) is 18.3 Å². The van der Waals surface area contributed by atoms with Gasteiger partial charge in [0.1, 0.15) is 0 Å². The van der Waals surface area contributed by atoms with E-state index >= 15 is 0 Å². The number of halogens is 3. The van der Waals surface area contributed by atoms with Gasteiger partial charge >= 0.3 is 6.18 Å². The predicted octanol–water partition coefficient (Wildman–Crippen LogP) is 2.78. The van der Waals surface area contributed by atoms with Crippen LogP contribution in [0.15, 0.2) is 18.2 Å². The molecule has 1 aliphatic carbocycles. The topological polar surface area (TPSA) is 102 Å². The molecule has 4 N–H and O–H groups in total. The summed E-state index contributed by atoms with van der Waals surface area (Å²) < 4.78 is 42.1. The molecule has 2 aromatic rings. The number of anilines is 1. The van der Waals surface area contributed by atoms with Gasteiger partial charge in [0, 0.05) is 25.2 Å². The lowest BCUT2D eigenvalue weighted by molar-refractivity contribution is -0.141. The van der Waals surface area contributed by atoms with Crippen LogP contribution in [-0.2, 0) is 12.6 Å². The highest BCUT2D eigenvalue weighted by atomic mass is 19.4. The zero-order valence-corrected chi connectivity index (χ0v) is 17.8. The first kappa shape index (κ1) is 23.3. The van der Waals surface area contributed by atoms with E-state index in [1.54, 1.807) is 0 Å². The number of amides is 1. The fourth-order valence-electron chi connectivity index (χ4n) is 3.83. The van der Waals surface area contributed by atoms with Crippen LogP contribution in [-0.4, -0.2) is 41.1 Å². The predicted molar refractivity (Wildman–Crippen MR) is 114 cm³/mol. The zero-order valence-electron chi connectivity index (χ0n) is 17.8. The van der Waals surface area contributed by atoms with Crippen molar-refractivity contribution in [2.75, 3.05) is 25.0 Å². The van der Waals surface area contributed by atoms with E-state index in [9.17, 15) is 22.8 Å². The van der Waals surface area contributed by atoms with Crippen LogP contribution < -0.4 is 16.4 Å². The molecular formula is C22H24F3N5O2. The highest BCUT2D eigenvalue weighted by Gasteiger charge is 2.45. The van der Waals surface area contributed by atoms with Gasteiger partial charge in [-0.1, -0.05) is 19.8 Å². The monoisotopic (exact) mass is 447 g/mol. The number of benzene rings is 1. The second kappa shape index (κ2) is 8.67. The van der Waals surface area contributed by atoms with Crippen LogP contribution in [0.3, 0.4) is 0 Å². The summed E-state index contributed by atoms with van der Waals surface area (Å²) in [7, 11) is 0. The Kier molecular flexibility index (Phi) is 6.32. The van der Waals surface area contributed by atoms with Crippen molar-refractivity contribution in [3.63, 3.8) is 0 Å². The van der Waals surface area contributed by atoms with Gasteiger partial charge in [-0.3, -0.25) is 9.59 Å². The zero-order chi connectivity index (χ0) is 23.7. The van der Waals surface area contributed by atoms with Crippen LogP contribution >= 0.6 is 0 Å². The molecule has 0 unspecified atom stereocenters. The van der Waals surface area contributed by atoms with Gasteiger partial charge in [0.05, 0.1) is 29.1 Å². The minimum absolute atomic E-state index is 0.00679. The molecule has 1 aliphatic rings. The summed E-state index contributed by atoms with van der Waals surface area (Å²) in [5.74, 6) is 1.16. The number of carbonyl (C=O) groups excluding carboxylic acids is 2. The molecule has 0 aliphatic heterocycles. The van der Waals surface area contributed by atoms with Gasteiger partial charge in [-0.25, -0.2) is 4.68 Å². The van der Waals surface area contributed by atoms with E-state index in [2.05, 4.69) is 21.7 Å². The minimum atomic E-state index is -4.77. The molecule has 0 spiro atoms. The first-order valence-electron chi connectivity index (χ1n) is 9.99. The molecule has 0 fully saturated rings. The molecule has 0 saturated carbocycles. The number of carbonyl (C=O) groups is 2. The van der Waals surface area contributed by atoms with Crippen molar-refractivity contribution < 1.29 is 22.8 Å². The van der Waals surface area contributed by atoms with E-state index in [0.717, 1.165) is 4.68 Å². The smallest absolute Gasteiger partial charge is 0.383 e. The third kappa shape index (κ3) is 4.78. The molecule has 1 aromatic heterocycles. The Morgan fingerprint density at radius 3 is 2.66 bits per heavy atom. The van der Waals surface area contributed by atoms with Crippen LogP contribution in [0.2, 0.25) is 0 Å². The van der Waals surface area contributed by atoms with Gasteiger partial charge in [-0.05, 0) is 30.0 Å². The number of aromatic nitrogens is 2. The van der Waals surface area contributed by atoms with Crippen LogP contribution in [0.1, 0.15) is 52.4 Å². The van der Waals surface area contributed by atoms with Crippen molar-refractivity contribution in [1.82, 2.24) is 15.1 Å². The maximum absolute atomic E-state index is 13.7. The fraction of sp³-hybridized carbons (Fsp3) is 0.409. The van der Waals surface area contributed by atoms with Crippen molar-refractivity contribution >= 4 is 17.4 Å². The Bertz CT molecular complexity index is 1100. The molecule has 1 amide bonds. The Hall–Kier alpha value is -3.32. The van der Waals surface area contributed by atoms with Crippen molar-refractivity contribution in [2.24, 2.45) is 11.1 Å². The van der Waals surface area contributed by atoms with Crippen molar-refractivity contribution in [2.45, 2.75) is 32.9 Å². The number of nitrogens with two attached hydrogens (primary N) is 1. The van der Waals surface area contributed by atoms with Gasteiger partial charge < -0.3 is 16.4 Å². The second-order valence-corrected chi connectivity index (χ2v) is 8.42. The number of Topliss-reactive ketones (excluding diaryl/α,β-unsaturated/α-hetero) is 1. The third-order valence-corrected chi connectivity index (χ3v) is 5.17. The normalized spacial score (nSPS) is 15.2. The standard InChI is InChI=1S/C22H24F3N5O2/c1-4-7-27-8-9-28-15-10-13(5-6-14(15)20(26)32)30-16-11-21(2,3)12-17(31)18(16)19(29-30)22(23,24)25/h1,5-6,10,27-28H,7-9,11-12H2,2-3H3,(H2,26,32). The number of hydrogen-bond acceptors (Lipinski definition) is 5. The number of fused-ring (bicyclic) bond motifs is 1. The average molecular weight is 447 g/mol. The quantitative estimate of drug-likeness (QED) is 0.448. The molecule has 0 atom stereocenters. The maximum Gasteiger partial charge on any atom is 0.435 e. The van der Waals surface area contributed by atoms with E-state index in [1.807, 2.05) is 13.8 Å². The lowest BCUT2D eigenvalue weighted by Gasteiger charge is -2.29. The molecule has 0 saturated heterocycles. The summed E-state index contributed by atoms with van der Waals surface area (Å²) in [5.41, 5.74) is 4.36. The molecule has 170 valence electrons. The SMILES string of the molecule is C#CCNCCNc1cc(-n2nc(C(F)(F)F)c3c2CC(C)(C)CC3=O)ccc1C(N)=O. The molecule has 0 bridgehead atoms. The summed E-state index contributed by atoms with van der Waals surface area (Å²) in [6, 6.07) is 4.38. The van der Waals surface area contributed by atoms with Crippen molar-refractivity contribution in [3.05, 3.63) is 40.7 Å². The molecular weight excluding hydrogens is 423 g/mol. The first-order chi connectivity index (χ1) is 14.9. The Morgan fingerprint density at radius 2 is 2.03 bits per heavy atom. The highest BCUT2D eigenvalue weighted by Crippen LogP contribution is 2.42. The van der Waals surface area contributed by atoms with E-state index < -0.39 is 29.0 Å². The number of terminal acetylenes is 1. The molecule has 3 rings (SSSR count). The molecule has 1 aromatic carbocycles. The molecule has 0 radical (unpaired) electrons. The van der Waals surface area contributed by atoms with Crippen LogP contribution in [0.25, 0.3) is 5.69 Å². The first-order valence-corrected chi connectivity index (χ1v) is 9.99. The maximum atomic E-state index is 13.7. The number of hydrogen-bond donors (Lipinski definition) is 3. The largest absolute Gasteiger partial charge is 0.435 e. The van der Waals surface area contributed by atoms with Gasteiger partial charge in [-0.15, -0.1) is 6.42 Å². The summed E-state index contributed by atoms with van der Waals surface area (Å²) in [6.07, 6.45) is 0.655. The van der Waals surface area contributed by atoms with Crippen molar-refractivity contribution in [1.29, 1.82) is 0 Å². The number of nitrogens with zero attached hydrogens (tertiary/aromatic N) is 2. The number of alkyl halides is 3. The number of rotatable bonds is 7. The van der Waals surface area contributed by atoms with Crippen LogP contribution in [0, 0.1) is 17.8 Å². The molecule has 10 heteroatoms. The number of primary amides is 1. The summed E-state index contributed by atoms with van der Waals surface area (Å²) >= 11 is 0. The van der Waals surface area contributed by atoms with E-state index in [0.29, 0.717) is 25.3 Å². The molecule has 32 heavy (non-hydrogen) atoms. The average Bonchev–Trinajstić information content (AvgIpc) is 3.06. The highest BCUT2D eigenvalue weighted by molar-refractivity contribution is 6.00.